The molecule has 2 aliphatic rings. The Labute approximate surface area is 174 Å². The summed E-state index contributed by atoms with van der Waals surface area (Å²) in [5, 5.41) is 20.7. The van der Waals surface area contributed by atoms with Gasteiger partial charge in [0.05, 0.1) is 12.7 Å². The first-order valence-corrected chi connectivity index (χ1v) is 10.9. The second-order valence-corrected chi connectivity index (χ2v) is 8.88. The van der Waals surface area contributed by atoms with Crippen LogP contribution < -0.4 is 4.74 Å². The molecule has 0 radical (unpaired) electrons. The summed E-state index contributed by atoms with van der Waals surface area (Å²) < 4.78 is 5.35. The largest absolute Gasteiger partial charge is 0.497 e. The fourth-order valence-electron chi connectivity index (χ4n) is 5.48. The number of rotatable bonds is 8. The van der Waals surface area contributed by atoms with Crippen molar-refractivity contribution in [2.45, 2.75) is 37.2 Å². The number of ether oxygens (including phenoxy) is 1. The number of fused-ring (bicyclic) bond motifs is 1. The summed E-state index contributed by atoms with van der Waals surface area (Å²) in [6.45, 7) is 3.40. The number of likely N-dealkylation sites (tertiary alicyclic amines) is 1. The maximum absolute atomic E-state index is 11.3. The molecular weight excluding hydrogens is 362 g/mol. The van der Waals surface area contributed by atoms with Crippen molar-refractivity contribution in [1.29, 1.82) is 0 Å². The van der Waals surface area contributed by atoms with Crippen molar-refractivity contribution in [3.63, 3.8) is 0 Å². The number of methoxy groups -OCH3 is 1. The van der Waals surface area contributed by atoms with Gasteiger partial charge < -0.3 is 19.8 Å². The molecule has 2 aromatic carbocycles. The van der Waals surface area contributed by atoms with E-state index in [1.165, 1.54) is 5.56 Å². The zero-order valence-electron chi connectivity index (χ0n) is 17.3. The zero-order chi connectivity index (χ0) is 20.3. The van der Waals surface area contributed by atoms with E-state index in [1.807, 2.05) is 24.3 Å². The molecule has 1 heterocycles. The van der Waals surface area contributed by atoms with Crippen LogP contribution in [0.25, 0.3) is 0 Å². The fourth-order valence-corrected chi connectivity index (χ4v) is 5.48. The summed E-state index contributed by atoms with van der Waals surface area (Å²) in [5.74, 6) is 2.35. The van der Waals surface area contributed by atoms with Crippen molar-refractivity contribution < 1.29 is 14.9 Å². The monoisotopic (exact) mass is 395 g/mol. The third-order valence-electron chi connectivity index (χ3n) is 6.92. The first-order valence-electron chi connectivity index (χ1n) is 10.9. The van der Waals surface area contributed by atoms with E-state index in [4.69, 9.17) is 4.74 Å². The normalized spacial score (nSPS) is 27.7. The Hall–Kier alpha value is -1.88. The molecule has 0 spiro atoms. The Morgan fingerprint density at radius 1 is 1.07 bits per heavy atom. The lowest BCUT2D eigenvalue weighted by molar-refractivity contribution is 0.0309. The quantitative estimate of drug-likeness (QED) is 0.714. The third kappa shape index (κ3) is 4.50. The van der Waals surface area contributed by atoms with Gasteiger partial charge in [0.1, 0.15) is 5.75 Å². The van der Waals surface area contributed by atoms with Crippen molar-refractivity contribution in [1.82, 2.24) is 4.90 Å². The molecule has 0 amide bonds. The molecule has 2 aromatic rings. The minimum atomic E-state index is -0.730. The molecule has 2 N–H and O–H groups in total. The highest BCUT2D eigenvalue weighted by Gasteiger charge is 2.49. The Morgan fingerprint density at radius 2 is 1.79 bits per heavy atom. The summed E-state index contributed by atoms with van der Waals surface area (Å²) >= 11 is 0. The van der Waals surface area contributed by atoms with Crippen LogP contribution in [-0.4, -0.2) is 48.5 Å². The number of hydrogen-bond donors (Lipinski definition) is 2. The standard InChI is InChI=1S/C25H33NO3/c1-29-24-11-5-10-23(13-24)25(28)14-21-17-26(18-22(21)15-25)16-20(9-6-12-27)19-7-3-2-4-8-19/h2-5,7-8,10-11,13,20-22,27-28H,6,9,12,14-18H2,1H3. The Balaban J connectivity index is 1.40. The van der Waals surface area contributed by atoms with Crippen molar-refractivity contribution in [3.8, 4) is 5.75 Å². The summed E-state index contributed by atoms with van der Waals surface area (Å²) in [6, 6.07) is 18.6. The van der Waals surface area contributed by atoms with Gasteiger partial charge in [-0.25, -0.2) is 0 Å². The summed E-state index contributed by atoms with van der Waals surface area (Å²) in [4.78, 5) is 2.58. The van der Waals surface area contributed by atoms with Gasteiger partial charge in [-0.2, -0.15) is 0 Å². The number of aliphatic hydroxyl groups excluding tert-OH is 1. The first kappa shape index (κ1) is 20.4. The second kappa shape index (κ2) is 8.86. The van der Waals surface area contributed by atoms with E-state index in [-0.39, 0.29) is 6.61 Å². The smallest absolute Gasteiger partial charge is 0.119 e. The second-order valence-electron chi connectivity index (χ2n) is 8.88. The highest BCUT2D eigenvalue weighted by atomic mass is 16.5. The van der Waals surface area contributed by atoms with E-state index >= 15 is 0 Å². The van der Waals surface area contributed by atoms with Gasteiger partial charge in [-0.3, -0.25) is 0 Å². The van der Waals surface area contributed by atoms with Gasteiger partial charge in [0.15, 0.2) is 0 Å². The Kier molecular flexibility index (Phi) is 6.23. The van der Waals surface area contributed by atoms with Gasteiger partial charge in [-0.1, -0.05) is 42.5 Å². The van der Waals surface area contributed by atoms with Gasteiger partial charge in [-0.15, -0.1) is 0 Å². The average Bonchev–Trinajstić information content (AvgIpc) is 3.26. The lowest BCUT2D eigenvalue weighted by Gasteiger charge is -2.28. The summed E-state index contributed by atoms with van der Waals surface area (Å²) in [7, 11) is 1.67. The average molecular weight is 396 g/mol. The highest BCUT2D eigenvalue weighted by molar-refractivity contribution is 5.33. The lowest BCUT2D eigenvalue weighted by atomic mass is 9.90. The maximum atomic E-state index is 11.3. The Morgan fingerprint density at radius 3 is 2.45 bits per heavy atom. The van der Waals surface area contributed by atoms with Crippen LogP contribution in [0.3, 0.4) is 0 Å². The van der Waals surface area contributed by atoms with Crippen LogP contribution in [0.2, 0.25) is 0 Å². The molecule has 1 aliphatic carbocycles. The van der Waals surface area contributed by atoms with Gasteiger partial charge in [-0.05, 0) is 66.7 Å². The van der Waals surface area contributed by atoms with Crippen molar-refractivity contribution >= 4 is 0 Å². The van der Waals surface area contributed by atoms with Crippen LogP contribution in [0.5, 0.6) is 5.75 Å². The molecule has 0 aromatic heterocycles. The van der Waals surface area contributed by atoms with Crippen molar-refractivity contribution in [3.05, 3.63) is 65.7 Å². The van der Waals surface area contributed by atoms with E-state index in [1.54, 1.807) is 7.11 Å². The van der Waals surface area contributed by atoms with Crippen LogP contribution in [0.4, 0.5) is 0 Å². The number of hydrogen-bond acceptors (Lipinski definition) is 4. The zero-order valence-corrected chi connectivity index (χ0v) is 17.3. The molecule has 4 heteroatoms. The predicted molar refractivity (Wildman–Crippen MR) is 115 cm³/mol. The molecule has 29 heavy (non-hydrogen) atoms. The molecule has 3 unspecified atom stereocenters. The van der Waals surface area contributed by atoms with Gasteiger partial charge in [0, 0.05) is 26.2 Å². The van der Waals surface area contributed by atoms with Crippen molar-refractivity contribution in [2.24, 2.45) is 11.8 Å². The molecule has 2 fully saturated rings. The van der Waals surface area contributed by atoms with E-state index in [0.717, 1.165) is 56.6 Å². The highest BCUT2D eigenvalue weighted by Crippen LogP contribution is 2.49. The summed E-state index contributed by atoms with van der Waals surface area (Å²) in [6.07, 6.45) is 3.51. The van der Waals surface area contributed by atoms with Crippen LogP contribution >= 0.6 is 0 Å². The van der Waals surface area contributed by atoms with Gasteiger partial charge in [0.2, 0.25) is 0 Å². The van der Waals surface area contributed by atoms with Gasteiger partial charge >= 0.3 is 0 Å². The lowest BCUT2D eigenvalue weighted by Crippen LogP contribution is -2.31. The number of benzene rings is 2. The third-order valence-corrected chi connectivity index (χ3v) is 6.92. The SMILES string of the molecule is COc1cccc(C2(O)CC3CN(CC(CCCO)c4ccccc4)CC3C2)c1. The molecular formula is C25H33NO3. The minimum Gasteiger partial charge on any atom is -0.497 e. The van der Waals surface area contributed by atoms with Gasteiger partial charge in [0.25, 0.3) is 0 Å². The van der Waals surface area contributed by atoms with E-state index in [0.29, 0.717) is 17.8 Å². The molecule has 156 valence electrons. The topological polar surface area (TPSA) is 52.9 Å². The van der Waals surface area contributed by atoms with Crippen LogP contribution in [0.15, 0.2) is 54.6 Å². The first-order chi connectivity index (χ1) is 14.1. The fraction of sp³-hybridized carbons (Fsp3) is 0.520. The van der Waals surface area contributed by atoms with Crippen LogP contribution in [0.1, 0.15) is 42.7 Å². The maximum Gasteiger partial charge on any atom is 0.119 e. The Bertz CT molecular complexity index is 780. The minimum absolute atomic E-state index is 0.252. The van der Waals surface area contributed by atoms with E-state index in [9.17, 15) is 10.2 Å². The molecule has 3 atom stereocenters. The molecule has 1 saturated carbocycles. The molecule has 0 bridgehead atoms. The molecule has 1 aliphatic heterocycles. The predicted octanol–water partition coefficient (Wildman–Crippen LogP) is 3.78. The summed E-state index contributed by atoms with van der Waals surface area (Å²) in [5.41, 5.74) is 1.62. The van der Waals surface area contributed by atoms with E-state index in [2.05, 4.69) is 35.2 Å². The van der Waals surface area contributed by atoms with Crippen LogP contribution in [0, 0.1) is 11.8 Å². The molecule has 1 saturated heterocycles. The van der Waals surface area contributed by atoms with Crippen molar-refractivity contribution in [2.75, 3.05) is 33.4 Å². The number of nitrogens with zero attached hydrogens (tertiary/aromatic N) is 1. The van der Waals surface area contributed by atoms with E-state index < -0.39 is 5.60 Å². The molecule has 4 nitrogen and oxygen atoms in total. The molecule has 4 rings (SSSR count). The van der Waals surface area contributed by atoms with Crippen LogP contribution in [-0.2, 0) is 5.60 Å². The number of aliphatic hydroxyl groups is 2.